The van der Waals surface area contributed by atoms with Crippen LogP contribution in [0.3, 0.4) is 0 Å². The summed E-state index contributed by atoms with van der Waals surface area (Å²) in [6.45, 7) is 6.82. The van der Waals surface area contributed by atoms with E-state index >= 15 is 0 Å². The van der Waals surface area contributed by atoms with E-state index in [1.54, 1.807) is 29.8 Å². The number of methoxy groups -OCH3 is 1. The van der Waals surface area contributed by atoms with Crippen LogP contribution in [-0.4, -0.2) is 54.0 Å². The van der Waals surface area contributed by atoms with Gasteiger partial charge in [0.15, 0.2) is 5.13 Å². The molecule has 2 aromatic rings. The molecule has 32 heavy (non-hydrogen) atoms. The summed E-state index contributed by atoms with van der Waals surface area (Å²) in [4.78, 5) is 26.6. The molecule has 1 aliphatic heterocycles. The third-order valence-corrected chi connectivity index (χ3v) is 8.79. The van der Waals surface area contributed by atoms with Gasteiger partial charge in [-0.05, 0) is 51.0 Å². The summed E-state index contributed by atoms with van der Waals surface area (Å²) in [6, 6.07) is 0. The Morgan fingerprint density at radius 2 is 2.06 bits per heavy atom. The van der Waals surface area contributed by atoms with E-state index in [0.29, 0.717) is 24.7 Å². The Hall–Kier alpha value is -1.35. The number of aryl methyl sites for hydroxylation is 1. The van der Waals surface area contributed by atoms with Crippen molar-refractivity contribution in [3.63, 3.8) is 0 Å². The van der Waals surface area contributed by atoms with E-state index < -0.39 is 0 Å². The molecule has 0 saturated heterocycles. The van der Waals surface area contributed by atoms with Crippen molar-refractivity contribution < 1.29 is 9.53 Å². The largest absolute Gasteiger partial charge is 0.383 e. The molecule has 2 aromatic heterocycles. The highest BCUT2D eigenvalue weighted by Gasteiger charge is 2.25. The number of anilines is 1. The Bertz CT molecular complexity index is 873. The fourth-order valence-corrected chi connectivity index (χ4v) is 6.75. The molecular formula is C24H36N4O2S2. The fourth-order valence-electron chi connectivity index (χ4n) is 4.94. The number of rotatable bonds is 11. The molecule has 0 bridgehead atoms. The number of thiazole rings is 2. The SMILES string of the molecule is COCCNc1nc2c(s1)CCN(CCC1CCC(CC(=O)Cc3cnc(C)s3)CC1)C2. The van der Waals surface area contributed by atoms with Gasteiger partial charge in [0.1, 0.15) is 5.78 Å². The number of hydrogen-bond donors (Lipinski definition) is 1. The van der Waals surface area contributed by atoms with Crippen molar-refractivity contribution >= 4 is 33.6 Å². The third kappa shape index (κ3) is 6.83. The van der Waals surface area contributed by atoms with Gasteiger partial charge in [-0.1, -0.05) is 12.8 Å². The lowest BCUT2D eigenvalue weighted by Crippen LogP contribution is -2.32. The van der Waals surface area contributed by atoms with E-state index in [0.717, 1.165) is 53.4 Å². The summed E-state index contributed by atoms with van der Waals surface area (Å²) >= 11 is 3.46. The van der Waals surface area contributed by atoms with Crippen molar-refractivity contribution in [2.45, 2.75) is 64.8 Å². The smallest absolute Gasteiger partial charge is 0.183 e. The summed E-state index contributed by atoms with van der Waals surface area (Å²) in [7, 11) is 1.73. The van der Waals surface area contributed by atoms with Crippen LogP contribution in [0.1, 0.15) is 59.0 Å². The average Bonchev–Trinajstić information content (AvgIpc) is 3.38. The number of carbonyl (C=O) groups excluding carboxylic acids is 1. The number of fused-ring (bicyclic) bond motifs is 1. The molecule has 8 heteroatoms. The molecule has 3 heterocycles. The van der Waals surface area contributed by atoms with Crippen LogP contribution in [0.15, 0.2) is 6.20 Å². The maximum absolute atomic E-state index is 12.4. The van der Waals surface area contributed by atoms with Gasteiger partial charge in [-0.2, -0.15) is 0 Å². The first kappa shape index (κ1) is 23.8. The van der Waals surface area contributed by atoms with Crippen LogP contribution in [0.2, 0.25) is 0 Å². The third-order valence-electron chi connectivity index (χ3n) is 6.77. The zero-order chi connectivity index (χ0) is 22.3. The number of Topliss-reactive ketones (excluding diaryl/α,β-unsaturated/α-hetero) is 1. The normalized spacial score (nSPS) is 21.4. The second-order valence-corrected chi connectivity index (χ2v) is 11.7. The molecule has 176 valence electrons. The van der Waals surface area contributed by atoms with Crippen molar-refractivity contribution in [2.24, 2.45) is 11.8 Å². The van der Waals surface area contributed by atoms with Gasteiger partial charge in [0.05, 0.1) is 17.3 Å². The zero-order valence-electron chi connectivity index (χ0n) is 19.4. The Balaban J connectivity index is 1.14. The van der Waals surface area contributed by atoms with Gasteiger partial charge >= 0.3 is 0 Å². The van der Waals surface area contributed by atoms with E-state index in [9.17, 15) is 4.79 Å². The minimum absolute atomic E-state index is 0.389. The Morgan fingerprint density at radius 3 is 2.81 bits per heavy atom. The molecule has 0 amide bonds. The van der Waals surface area contributed by atoms with E-state index in [1.165, 1.54) is 49.2 Å². The summed E-state index contributed by atoms with van der Waals surface area (Å²) in [6.07, 6.45) is 10.6. The lowest BCUT2D eigenvalue weighted by Gasteiger charge is -2.31. The maximum Gasteiger partial charge on any atom is 0.183 e. The number of nitrogens with zero attached hydrogens (tertiary/aromatic N) is 3. The van der Waals surface area contributed by atoms with Gasteiger partial charge in [0.2, 0.25) is 0 Å². The van der Waals surface area contributed by atoms with Crippen LogP contribution in [-0.2, 0) is 28.9 Å². The highest BCUT2D eigenvalue weighted by atomic mass is 32.1. The van der Waals surface area contributed by atoms with Crippen molar-refractivity contribution in [1.29, 1.82) is 0 Å². The highest BCUT2D eigenvalue weighted by molar-refractivity contribution is 7.15. The lowest BCUT2D eigenvalue weighted by molar-refractivity contribution is -0.119. The van der Waals surface area contributed by atoms with Crippen LogP contribution < -0.4 is 5.32 Å². The number of ketones is 1. The van der Waals surface area contributed by atoms with Crippen LogP contribution in [0.4, 0.5) is 5.13 Å². The van der Waals surface area contributed by atoms with Gasteiger partial charge in [-0.25, -0.2) is 9.97 Å². The van der Waals surface area contributed by atoms with Crippen LogP contribution in [0, 0.1) is 18.8 Å². The summed E-state index contributed by atoms with van der Waals surface area (Å²) in [5.41, 5.74) is 1.26. The Morgan fingerprint density at radius 1 is 1.25 bits per heavy atom. The molecular weight excluding hydrogens is 440 g/mol. The van der Waals surface area contributed by atoms with Crippen LogP contribution in [0.5, 0.6) is 0 Å². The standard InChI is InChI=1S/C24H36N4O2S2/c1-17-26-15-21(31-17)14-20(29)13-19-5-3-18(4-6-19)7-10-28-11-8-23-22(16-28)27-24(32-23)25-9-12-30-2/h15,18-19H,3-14,16H2,1-2H3,(H,25,27). The van der Waals surface area contributed by atoms with Gasteiger partial charge in [0.25, 0.3) is 0 Å². The first-order valence-corrected chi connectivity index (χ1v) is 13.6. The number of ether oxygens (including phenoxy) is 1. The molecule has 0 radical (unpaired) electrons. The van der Waals surface area contributed by atoms with Crippen LogP contribution in [0.25, 0.3) is 0 Å². The molecule has 0 aromatic carbocycles. The van der Waals surface area contributed by atoms with E-state index in [-0.39, 0.29) is 0 Å². The minimum Gasteiger partial charge on any atom is -0.383 e. The maximum atomic E-state index is 12.4. The van der Waals surface area contributed by atoms with Gasteiger partial charge < -0.3 is 10.1 Å². The molecule has 0 spiro atoms. The van der Waals surface area contributed by atoms with Crippen molar-refractivity contribution in [3.8, 4) is 0 Å². The predicted octanol–water partition coefficient (Wildman–Crippen LogP) is 4.72. The zero-order valence-corrected chi connectivity index (χ0v) is 21.0. The molecule has 6 nitrogen and oxygen atoms in total. The van der Waals surface area contributed by atoms with Gasteiger partial charge in [0, 0.05) is 55.5 Å². The molecule has 2 aliphatic rings. The molecule has 1 aliphatic carbocycles. The topological polar surface area (TPSA) is 67.3 Å². The minimum atomic E-state index is 0.389. The van der Waals surface area contributed by atoms with Gasteiger partial charge in [-0.3, -0.25) is 9.69 Å². The first-order chi connectivity index (χ1) is 15.6. The van der Waals surface area contributed by atoms with Crippen LogP contribution >= 0.6 is 22.7 Å². The summed E-state index contributed by atoms with van der Waals surface area (Å²) < 4.78 is 5.11. The van der Waals surface area contributed by atoms with Crippen molar-refractivity contribution in [2.75, 3.05) is 38.7 Å². The molecule has 1 fully saturated rings. The number of carbonyl (C=O) groups is 1. The molecule has 1 N–H and O–H groups in total. The second kappa shape index (κ2) is 11.7. The fraction of sp³-hybridized carbons (Fsp3) is 0.708. The Labute approximate surface area is 199 Å². The monoisotopic (exact) mass is 476 g/mol. The number of hydrogen-bond acceptors (Lipinski definition) is 8. The lowest BCUT2D eigenvalue weighted by atomic mass is 9.78. The molecule has 0 unspecified atom stereocenters. The highest BCUT2D eigenvalue weighted by Crippen LogP contribution is 2.34. The molecule has 1 saturated carbocycles. The average molecular weight is 477 g/mol. The van der Waals surface area contributed by atoms with Crippen molar-refractivity contribution in [1.82, 2.24) is 14.9 Å². The quantitative estimate of drug-likeness (QED) is 0.473. The number of aromatic nitrogens is 2. The summed E-state index contributed by atoms with van der Waals surface area (Å²) in [5, 5.41) is 5.45. The summed E-state index contributed by atoms with van der Waals surface area (Å²) in [5.74, 6) is 1.79. The van der Waals surface area contributed by atoms with E-state index in [1.807, 2.05) is 13.1 Å². The van der Waals surface area contributed by atoms with E-state index in [4.69, 9.17) is 9.72 Å². The molecule has 4 rings (SSSR count). The first-order valence-electron chi connectivity index (χ1n) is 12.0. The predicted molar refractivity (Wildman–Crippen MR) is 132 cm³/mol. The second-order valence-electron chi connectivity index (χ2n) is 9.28. The molecule has 0 atom stereocenters. The Kier molecular flexibility index (Phi) is 8.68. The van der Waals surface area contributed by atoms with Crippen molar-refractivity contribution in [3.05, 3.63) is 26.7 Å². The number of nitrogens with one attached hydrogen (secondary N) is 1. The van der Waals surface area contributed by atoms with E-state index in [2.05, 4.69) is 15.2 Å². The van der Waals surface area contributed by atoms with Gasteiger partial charge in [-0.15, -0.1) is 22.7 Å².